The molecule has 1 atom stereocenters. The summed E-state index contributed by atoms with van der Waals surface area (Å²) >= 11 is 0. The molecule has 76 valence electrons. The summed E-state index contributed by atoms with van der Waals surface area (Å²) in [5.74, 6) is 0.869. The highest BCUT2D eigenvalue weighted by molar-refractivity contribution is 4.90. The van der Waals surface area contributed by atoms with Gasteiger partial charge in [-0.05, 0) is 13.0 Å². The van der Waals surface area contributed by atoms with Crippen molar-refractivity contribution in [3.8, 4) is 0 Å². The van der Waals surface area contributed by atoms with Gasteiger partial charge in [-0.15, -0.1) is 0 Å². The van der Waals surface area contributed by atoms with Crippen molar-refractivity contribution in [3.63, 3.8) is 0 Å². The fraction of sp³-hybridized carbons (Fsp3) is 1.00. The van der Waals surface area contributed by atoms with Crippen molar-refractivity contribution >= 4 is 0 Å². The molecule has 0 aliphatic carbocycles. The molecule has 2 heterocycles. The molecule has 1 unspecified atom stereocenters. The van der Waals surface area contributed by atoms with Crippen LogP contribution in [-0.2, 0) is 0 Å². The molecule has 0 aromatic rings. The molecule has 0 aromatic carbocycles. The van der Waals surface area contributed by atoms with Crippen LogP contribution in [0.2, 0.25) is 0 Å². The maximum Gasteiger partial charge on any atom is 0.0189 e. The second-order valence-electron chi connectivity index (χ2n) is 4.12. The molecule has 3 heteroatoms. The molecule has 0 aromatic heterocycles. The zero-order valence-electron chi connectivity index (χ0n) is 8.79. The summed E-state index contributed by atoms with van der Waals surface area (Å²) in [6.07, 6.45) is 1.39. The average molecular weight is 183 g/mol. The van der Waals surface area contributed by atoms with Gasteiger partial charge in [0.05, 0.1) is 0 Å². The van der Waals surface area contributed by atoms with E-state index in [1.54, 1.807) is 0 Å². The highest BCUT2D eigenvalue weighted by atomic mass is 15.6. The van der Waals surface area contributed by atoms with Gasteiger partial charge < -0.3 is 5.32 Å². The van der Waals surface area contributed by atoms with Crippen LogP contribution >= 0.6 is 0 Å². The van der Waals surface area contributed by atoms with Gasteiger partial charge in [-0.1, -0.05) is 13.8 Å². The zero-order valence-corrected chi connectivity index (χ0v) is 8.79. The largest absolute Gasteiger partial charge is 0.313 e. The Morgan fingerprint density at radius 1 is 1.15 bits per heavy atom. The van der Waals surface area contributed by atoms with Crippen molar-refractivity contribution in [2.24, 2.45) is 5.92 Å². The van der Waals surface area contributed by atoms with E-state index in [4.69, 9.17) is 0 Å². The molecular weight excluding hydrogens is 162 g/mol. The van der Waals surface area contributed by atoms with E-state index in [9.17, 15) is 0 Å². The Morgan fingerprint density at radius 3 is 2.00 bits per heavy atom. The van der Waals surface area contributed by atoms with E-state index in [2.05, 4.69) is 29.2 Å². The van der Waals surface area contributed by atoms with Crippen molar-refractivity contribution in [2.75, 3.05) is 32.7 Å². The third-order valence-electron chi connectivity index (χ3n) is 3.45. The highest BCUT2D eigenvalue weighted by Crippen LogP contribution is 2.23. The lowest BCUT2D eigenvalue weighted by atomic mass is 9.92. The summed E-state index contributed by atoms with van der Waals surface area (Å²) in [6, 6.07) is 0.811. The molecule has 0 spiro atoms. The Kier molecular flexibility index (Phi) is 2.86. The lowest BCUT2D eigenvalue weighted by molar-refractivity contribution is 0.0388. The summed E-state index contributed by atoms with van der Waals surface area (Å²) < 4.78 is 0. The molecule has 1 N–H and O–H groups in total. The molecular formula is C10H21N3. The van der Waals surface area contributed by atoms with E-state index in [0.717, 1.165) is 25.0 Å². The van der Waals surface area contributed by atoms with E-state index in [1.807, 2.05) is 0 Å². The van der Waals surface area contributed by atoms with Crippen LogP contribution in [0.5, 0.6) is 0 Å². The fourth-order valence-corrected chi connectivity index (χ4v) is 2.46. The van der Waals surface area contributed by atoms with Crippen LogP contribution in [0.25, 0.3) is 0 Å². The standard InChI is InChI=1S/C10H21N3/c1-3-12-7-9(8-13(12)4-2)10-5-6-11-10/h9-11H,3-8H2,1-2H3. The van der Waals surface area contributed by atoms with Gasteiger partial charge in [-0.25, -0.2) is 10.0 Å². The van der Waals surface area contributed by atoms with Gasteiger partial charge in [0.15, 0.2) is 0 Å². The molecule has 0 saturated carbocycles. The molecule has 13 heavy (non-hydrogen) atoms. The number of hydrogen-bond acceptors (Lipinski definition) is 3. The minimum absolute atomic E-state index is 0.811. The predicted octanol–water partition coefficient (Wildman–Crippen LogP) is 0.537. The smallest absolute Gasteiger partial charge is 0.0189 e. The van der Waals surface area contributed by atoms with E-state index < -0.39 is 0 Å². The van der Waals surface area contributed by atoms with E-state index >= 15 is 0 Å². The lowest BCUT2D eigenvalue weighted by Gasteiger charge is -2.32. The van der Waals surface area contributed by atoms with Gasteiger partial charge in [-0.3, -0.25) is 0 Å². The second-order valence-corrected chi connectivity index (χ2v) is 4.12. The first kappa shape index (κ1) is 9.44. The van der Waals surface area contributed by atoms with E-state index in [1.165, 1.54) is 26.1 Å². The molecule has 0 bridgehead atoms. The van der Waals surface area contributed by atoms with Crippen LogP contribution in [0.3, 0.4) is 0 Å². The molecule has 0 amide bonds. The maximum absolute atomic E-state index is 3.52. The summed E-state index contributed by atoms with van der Waals surface area (Å²) in [5, 5.41) is 8.50. The van der Waals surface area contributed by atoms with E-state index in [0.29, 0.717) is 0 Å². The van der Waals surface area contributed by atoms with Crippen LogP contribution in [0.15, 0.2) is 0 Å². The first-order valence-electron chi connectivity index (χ1n) is 5.58. The molecule has 2 aliphatic heterocycles. The molecule has 2 saturated heterocycles. The quantitative estimate of drug-likeness (QED) is 0.689. The maximum atomic E-state index is 3.52. The zero-order chi connectivity index (χ0) is 9.26. The summed E-state index contributed by atoms with van der Waals surface area (Å²) in [5.41, 5.74) is 0. The SMILES string of the molecule is CCN1CC(C2CCN2)CN1CC. The van der Waals surface area contributed by atoms with Crippen molar-refractivity contribution in [1.29, 1.82) is 0 Å². The van der Waals surface area contributed by atoms with Gasteiger partial charge in [0.25, 0.3) is 0 Å². The minimum atomic E-state index is 0.811. The molecule has 2 aliphatic rings. The van der Waals surface area contributed by atoms with Gasteiger partial charge in [0.1, 0.15) is 0 Å². The highest BCUT2D eigenvalue weighted by Gasteiger charge is 2.35. The Balaban J connectivity index is 1.88. The number of rotatable bonds is 3. The van der Waals surface area contributed by atoms with Crippen LogP contribution in [-0.4, -0.2) is 48.8 Å². The van der Waals surface area contributed by atoms with Gasteiger partial charge in [0, 0.05) is 38.1 Å². The van der Waals surface area contributed by atoms with Gasteiger partial charge in [-0.2, -0.15) is 0 Å². The summed E-state index contributed by atoms with van der Waals surface area (Å²) in [6.45, 7) is 10.6. The number of hydrogen-bond donors (Lipinski definition) is 1. The predicted molar refractivity (Wildman–Crippen MR) is 54.4 cm³/mol. The summed E-state index contributed by atoms with van der Waals surface area (Å²) in [7, 11) is 0. The van der Waals surface area contributed by atoms with Crippen molar-refractivity contribution in [1.82, 2.24) is 15.3 Å². The first-order chi connectivity index (χ1) is 6.35. The van der Waals surface area contributed by atoms with Crippen LogP contribution in [0, 0.1) is 5.92 Å². The Hall–Kier alpha value is -0.120. The molecule has 2 fully saturated rings. The Morgan fingerprint density at radius 2 is 1.69 bits per heavy atom. The normalized spacial score (nSPS) is 32.3. The van der Waals surface area contributed by atoms with Crippen molar-refractivity contribution in [2.45, 2.75) is 26.3 Å². The van der Waals surface area contributed by atoms with Crippen molar-refractivity contribution in [3.05, 3.63) is 0 Å². The topological polar surface area (TPSA) is 18.5 Å². The lowest BCUT2D eigenvalue weighted by Crippen LogP contribution is -2.49. The van der Waals surface area contributed by atoms with Gasteiger partial charge in [0.2, 0.25) is 0 Å². The summed E-state index contributed by atoms with van der Waals surface area (Å²) in [4.78, 5) is 0. The Labute approximate surface area is 81.1 Å². The fourth-order valence-electron chi connectivity index (χ4n) is 2.46. The third kappa shape index (κ3) is 1.73. The number of nitrogens with zero attached hydrogens (tertiary/aromatic N) is 2. The third-order valence-corrected chi connectivity index (χ3v) is 3.45. The molecule has 2 rings (SSSR count). The molecule has 3 nitrogen and oxygen atoms in total. The van der Waals surface area contributed by atoms with E-state index in [-0.39, 0.29) is 0 Å². The van der Waals surface area contributed by atoms with Crippen LogP contribution in [0.1, 0.15) is 20.3 Å². The van der Waals surface area contributed by atoms with Crippen LogP contribution < -0.4 is 5.32 Å². The van der Waals surface area contributed by atoms with Gasteiger partial charge >= 0.3 is 0 Å². The second kappa shape index (κ2) is 3.95. The minimum Gasteiger partial charge on any atom is -0.313 e. The number of nitrogens with one attached hydrogen (secondary N) is 1. The Bertz CT molecular complexity index is 156. The molecule has 0 radical (unpaired) electrons. The monoisotopic (exact) mass is 183 g/mol. The van der Waals surface area contributed by atoms with Crippen molar-refractivity contribution < 1.29 is 0 Å². The van der Waals surface area contributed by atoms with Crippen LogP contribution in [0.4, 0.5) is 0 Å². The average Bonchev–Trinajstić information content (AvgIpc) is 2.44. The number of hydrazine groups is 1. The first-order valence-corrected chi connectivity index (χ1v) is 5.58.